The summed E-state index contributed by atoms with van der Waals surface area (Å²) in [6, 6.07) is 13.5. The van der Waals surface area contributed by atoms with Gasteiger partial charge in [0.25, 0.3) is 0 Å². The average molecular weight is 350 g/mol. The Morgan fingerprint density at radius 3 is 2.80 bits per heavy atom. The van der Waals surface area contributed by atoms with Gasteiger partial charge in [0.2, 0.25) is 5.88 Å². The number of ether oxygens (including phenoxy) is 1. The van der Waals surface area contributed by atoms with Crippen LogP contribution in [0.15, 0.2) is 47.1 Å². The summed E-state index contributed by atoms with van der Waals surface area (Å²) in [6.45, 7) is 0. The van der Waals surface area contributed by atoms with Crippen LogP contribution in [0.5, 0.6) is 11.6 Å². The summed E-state index contributed by atoms with van der Waals surface area (Å²) in [4.78, 5) is 4.26. The van der Waals surface area contributed by atoms with Crippen LogP contribution in [0.25, 0.3) is 0 Å². The Labute approximate surface area is 148 Å². The van der Waals surface area contributed by atoms with Gasteiger partial charge in [0.05, 0.1) is 28.5 Å². The third-order valence-electron chi connectivity index (χ3n) is 4.02. The average Bonchev–Trinajstić information content (AvgIpc) is 3.12. The van der Waals surface area contributed by atoms with Gasteiger partial charge in [0.1, 0.15) is 29.0 Å². The zero-order valence-electron chi connectivity index (χ0n) is 13.1. The van der Waals surface area contributed by atoms with Crippen LogP contribution in [0.2, 0.25) is 0 Å². The van der Waals surface area contributed by atoms with Crippen molar-refractivity contribution >= 4 is 23.3 Å². The first-order chi connectivity index (χ1) is 12.2. The number of pyridine rings is 1. The maximum atomic E-state index is 9.35. The molecular formula is C18H14N4O2S. The molecule has 1 aromatic carbocycles. The molecule has 4 rings (SSSR count). The third kappa shape index (κ3) is 2.57. The molecule has 0 fully saturated rings. The Morgan fingerprint density at radius 2 is 2.04 bits per heavy atom. The van der Waals surface area contributed by atoms with Crippen molar-refractivity contribution in [2.45, 2.75) is 11.0 Å². The molecule has 2 aromatic heterocycles. The number of benzene rings is 1. The van der Waals surface area contributed by atoms with Crippen molar-refractivity contribution in [3.05, 3.63) is 65.1 Å². The fourth-order valence-corrected chi connectivity index (χ4v) is 4.11. The van der Waals surface area contributed by atoms with Crippen LogP contribution in [0.4, 0.5) is 11.5 Å². The lowest BCUT2D eigenvalue weighted by atomic mass is 9.98. The first-order valence-electron chi connectivity index (χ1n) is 7.58. The Kier molecular flexibility index (Phi) is 3.75. The second-order valence-corrected chi connectivity index (χ2v) is 6.62. The molecule has 7 heteroatoms. The molecular weight excluding hydrogens is 336 g/mol. The number of aromatic nitrogens is 1. The molecule has 6 nitrogen and oxygen atoms in total. The summed E-state index contributed by atoms with van der Waals surface area (Å²) in [7, 11) is 0. The number of hydrogen-bond acceptors (Lipinski definition) is 7. The van der Waals surface area contributed by atoms with E-state index in [9.17, 15) is 5.26 Å². The van der Waals surface area contributed by atoms with Gasteiger partial charge in [0.15, 0.2) is 0 Å². The summed E-state index contributed by atoms with van der Waals surface area (Å²) >= 11 is 1.64. The Balaban J connectivity index is 1.83. The van der Waals surface area contributed by atoms with Crippen LogP contribution >= 0.6 is 11.8 Å². The van der Waals surface area contributed by atoms with Crippen molar-refractivity contribution in [2.75, 3.05) is 11.5 Å². The van der Waals surface area contributed by atoms with Gasteiger partial charge in [-0.1, -0.05) is 18.2 Å². The lowest BCUT2D eigenvalue weighted by Gasteiger charge is -2.28. The van der Waals surface area contributed by atoms with Crippen molar-refractivity contribution in [1.29, 1.82) is 5.26 Å². The van der Waals surface area contributed by atoms with Crippen molar-refractivity contribution < 1.29 is 9.15 Å². The normalized spacial score (nSPS) is 14.9. The molecule has 25 heavy (non-hydrogen) atoms. The summed E-state index contributed by atoms with van der Waals surface area (Å²) < 4.78 is 11.3. The first kappa shape index (κ1) is 15.4. The second-order valence-electron chi connectivity index (χ2n) is 5.53. The zero-order chi connectivity index (χ0) is 17.4. The molecule has 0 amide bonds. The Bertz CT molecular complexity index is 979. The number of nitrogens with two attached hydrogens (primary N) is 2. The molecule has 1 atom stereocenters. The minimum Gasteiger partial charge on any atom is -0.468 e. The van der Waals surface area contributed by atoms with Crippen molar-refractivity contribution in [3.63, 3.8) is 0 Å². The number of para-hydroxylation sites is 1. The predicted molar refractivity (Wildman–Crippen MR) is 96.1 cm³/mol. The highest BCUT2D eigenvalue weighted by molar-refractivity contribution is 7.99. The summed E-state index contributed by atoms with van der Waals surface area (Å²) in [5.74, 6) is 2.65. The first-order valence-corrected chi connectivity index (χ1v) is 8.63. The monoisotopic (exact) mass is 350 g/mol. The van der Waals surface area contributed by atoms with Crippen molar-refractivity contribution in [2.24, 2.45) is 0 Å². The molecule has 1 unspecified atom stereocenters. The van der Waals surface area contributed by atoms with Gasteiger partial charge in [-0.3, -0.25) is 0 Å². The number of nitrogens with zero attached hydrogens (tertiary/aromatic N) is 2. The molecule has 1 aliphatic rings. The van der Waals surface area contributed by atoms with E-state index in [1.54, 1.807) is 18.0 Å². The van der Waals surface area contributed by atoms with E-state index in [4.69, 9.17) is 20.6 Å². The summed E-state index contributed by atoms with van der Waals surface area (Å²) in [5, 5.41) is 9.22. The maximum absolute atomic E-state index is 9.35. The van der Waals surface area contributed by atoms with E-state index >= 15 is 0 Å². The highest BCUT2D eigenvalue weighted by Crippen LogP contribution is 2.52. The molecule has 3 heterocycles. The van der Waals surface area contributed by atoms with Gasteiger partial charge in [0, 0.05) is 5.56 Å². The van der Waals surface area contributed by atoms with Crippen LogP contribution in [-0.4, -0.2) is 4.98 Å². The topological polar surface area (TPSA) is 111 Å². The number of furan rings is 1. The molecule has 3 aromatic rings. The maximum Gasteiger partial charge on any atom is 0.228 e. The van der Waals surface area contributed by atoms with Gasteiger partial charge in [-0.2, -0.15) is 10.2 Å². The lowest BCUT2D eigenvalue weighted by molar-refractivity contribution is 0.441. The zero-order valence-corrected chi connectivity index (χ0v) is 13.9. The van der Waals surface area contributed by atoms with Crippen LogP contribution < -0.4 is 16.2 Å². The summed E-state index contributed by atoms with van der Waals surface area (Å²) in [6.07, 6.45) is 1.65. The van der Waals surface area contributed by atoms with Crippen LogP contribution in [0.1, 0.15) is 27.7 Å². The smallest absolute Gasteiger partial charge is 0.228 e. The van der Waals surface area contributed by atoms with Gasteiger partial charge >= 0.3 is 0 Å². The third-order valence-corrected chi connectivity index (χ3v) is 5.30. The Morgan fingerprint density at radius 1 is 1.20 bits per heavy atom. The van der Waals surface area contributed by atoms with Gasteiger partial charge in [-0.25, -0.2) is 0 Å². The van der Waals surface area contributed by atoms with E-state index in [1.165, 1.54) is 0 Å². The summed E-state index contributed by atoms with van der Waals surface area (Å²) in [5.41, 5.74) is 14.3. The minimum absolute atomic E-state index is 0.0768. The Hall–Kier alpha value is -3.11. The largest absolute Gasteiger partial charge is 0.468 e. The van der Waals surface area contributed by atoms with E-state index in [-0.39, 0.29) is 16.6 Å². The molecule has 0 saturated carbocycles. The van der Waals surface area contributed by atoms with Crippen LogP contribution in [0.3, 0.4) is 0 Å². The number of nitriles is 1. The van der Waals surface area contributed by atoms with E-state index < -0.39 is 0 Å². The molecule has 0 saturated heterocycles. The predicted octanol–water partition coefficient (Wildman–Crippen LogP) is 3.84. The van der Waals surface area contributed by atoms with E-state index in [0.717, 1.165) is 11.3 Å². The number of thioether (sulfide) groups is 1. The van der Waals surface area contributed by atoms with Crippen LogP contribution in [-0.2, 0) is 5.75 Å². The van der Waals surface area contributed by atoms with Crippen molar-refractivity contribution in [1.82, 2.24) is 4.98 Å². The lowest BCUT2D eigenvalue weighted by Crippen LogP contribution is -2.15. The molecule has 4 N–H and O–H groups in total. The molecule has 124 valence electrons. The highest BCUT2D eigenvalue weighted by atomic mass is 32.2. The molecule has 0 bridgehead atoms. The minimum atomic E-state index is -0.134. The van der Waals surface area contributed by atoms with E-state index in [0.29, 0.717) is 28.6 Å². The van der Waals surface area contributed by atoms with Crippen molar-refractivity contribution in [3.8, 4) is 17.7 Å². The van der Waals surface area contributed by atoms with Gasteiger partial charge < -0.3 is 20.6 Å². The number of hydrogen-bond donors (Lipinski definition) is 2. The second kappa shape index (κ2) is 6.07. The van der Waals surface area contributed by atoms with E-state index in [1.807, 2.05) is 42.5 Å². The number of nitrogen functional groups attached to an aromatic ring is 2. The quantitative estimate of drug-likeness (QED) is 0.738. The van der Waals surface area contributed by atoms with E-state index in [2.05, 4.69) is 4.98 Å². The van der Waals surface area contributed by atoms with Gasteiger partial charge in [-0.05, 0) is 18.2 Å². The molecule has 0 spiro atoms. The van der Waals surface area contributed by atoms with Gasteiger partial charge in [-0.15, -0.1) is 11.8 Å². The number of anilines is 2. The number of rotatable bonds is 3. The molecule has 1 aliphatic heterocycles. The molecule has 0 radical (unpaired) electrons. The fourth-order valence-electron chi connectivity index (χ4n) is 2.85. The van der Waals surface area contributed by atoms with Crippen LogP contribution in [0, 0.1) is 11.3 Å². The number of fused-ring (bicyclic) bond motifs is 2. The SMILES string of the molecule is N#Cc1c(N)nc2c(c1N)C(SCc1ccco1)c1ccccc1O2. The molecule has 0 aliphatic carbocycles. The standard InChI is InChI=1S/C18H14N4O2S/c19-8-12-15(20)14-16(25-9-10-4-3-7-23-10)11-5-1-2-6-13(11)24-18(14)22-17(12)21/h1-7,16H,9H2,(H4,20,21,22). The fraction of sp³-hybridized carbons (Fsp3) is 0.111. The highest BCUT2D eigenvalue weighted by Gasteiger charge is 2.33.